The molecule has 0 amide bonds. The molecule has 38 heavy (non-hydrogen) atoms. The fourth-order valence-electron chi connectivity index (χ4n) is 4.89. The minimum atomic E-state index is -0.668. The normalized spacial score (nSPS) is 18.4. The number of hydrogen-bond donors (Lipinski definition) is 4. The van der Waals surface area contributed by atoms with Crippen LogP contribution in [0.3, 0.4) is 0 Å². The van der Waals surface area contributed by atoms with Crippen molar-refractivity contribution in [1.29, 1.82) is 5.41 Å². The smallest absolute Gasteiger partial charge is 0.171 e. The highest BCUT2D eigenvalue weighted by molar-refractivity contribution is 6.33. The van der Waals surface area contributed by atoms with Crippen molar-refractivity contribution < 1.29 is 24.4 Å². The Kier molecular flexibility index (Phi) is 8.89. The first-order valence-corrected chi connectivity index (χ1v) is 13.1. The molecule has 206 valence electrons. The van der Waals surface area contributed by atoms with Gasteiger partial charge in [0, 0.05) is 49.3 Å². The van der Waals surface area contributed by atoms with E-state index in [2.05, 4.69) is 10.2 Å². The number of aromatic nitrogens is 2. The van der Waals surface area contributed by atoms with E-state index in [1.807, 2.05) is 6.92 Å². The Bertz CT molecular complexity index is 1200. The second-order valence-electron chi connectivity index (χ2n) is 9.69. The topological polar surface area (TPSA) is 133 Å². The van der Waals surface area contributed by atoms with Gasteiger partial charge in [0.15, 0.2) is 11.6 Å². The minimum absolute atomic E-state index is 0.00301. The van der Waals surface area contributed by atoms with E-state index in [0.717, 1.165) is 5.56 Å². The van der Waals surface area contributed by atoms with Crippen LogP contribution in [0.2, 0.25) is 5.02 Å². The molecule has 1 atom stereocenters. The van der Waals surface area contributed by atoms with Crippen molar-refractivity contribution in [3.05, 3.63) is 40.2 Å². The number of benzene rings is 1. The Morgan fingerprint density at radius 3 is 2.53 bits per heavy atom. The zero-order valence-electron chi connectivity index (χ0n) is 22.3. The average molecular weight is 546 g/mol. The van der Waals surface area contributed by atoms with Gasteiger partial charge in [-0.25, -0.2) is 9.97 Å². The number of rotatable bonds is 9. The quantitative estimate of drug-likeness (QED) is 0.275. The fraction of sp³-hybridized carbons (Fsp3) is 0.519. The molecule has 2 aliphatic heterocycles. The molecule has 2 aliphatic rings. The number of allylic oxidation sites excluding steroid dienone is 2. The maximum absolute atomic E-state index is 10.5. The molecule has 4 N–H and O–H groups in total. The molecule has 10 nitrogen and oxygen atoms in total. The summed E-state index contributed by atoms with van der Waals surface area (Å²) in [7, 11) is 1.76. The molecule has 2 fully saturated rings. The van der Waals surface area contributed by atoms with E-state index in [1.165, 1.54) is 0 Å². The highest BCUT2D eigenvalue weighted by Gasteiger charge is 2.40. The molecule has 2 saturated heterocycles. The van der Waals surface area contributed by atoms with Gasteiger partial charge in [0.1, 0.15) is 30.0 Å². The molecule has 0 saturated carbocycles. The maximum Gasteiger partial charge on any atom is 0.171 e. The number of nitrogens with one attached hydrogen (secondary N) is 2. The van der Waals surface area contributed by atoms with Gasteiger partial charge < -0.3 is 40.0 Å². The summed E-state index contributed by atoms with van der Waals surface area (Å²) in [6.45, 7) is 8.11. The molecule has 0 bridgehead atoms. The number of hydrogen-bond acceptors (Lipinski definition) is 10. The first-order valence-electron chi connectivity index (χ1n) is 12.8. The number of likely N-dealkylation sites (N-methyl/N-ethyl adjacent to an activating group) is 1. The molecule has 1 aromatic carbocycles. The summed E-state index contributed by atoms with van der Waals surface area (Å²) in [5.74, 6) is 1.03. The van der Waals surface area contributed by atoms with E-state index in [4.69, 9.17) is 41.2 Å². The number of aliphatic hydroxyl groups is 2. The van der Waals surface area contributed by atoms with Crippen LogP contribution < -0.4 is 15.0 Å². The van der Waals surface area contributed by atoms with Crippen molar-refractivity contribution in [3.63, 3.8) is 0 Å². The molecule has 2 aromatic rings. The minimum Gasteiger partial charge on any atom is -0.512 e. The van der Waals surface area contributed by atoms with Crippen molar-refractivity contribution in [3.8, 4) is 17.1 Å². The molecule has 3 heterocycles. The van der Waals surface area contributed by atoms with E-state index >= 15 is 0 Å². The molecule has 0 aliphatic carbocycles. The van der Waals surface area contributed by atoms with Crippen LogP contribution in [0.1, 0.15) is 37.9 Å². The van der Waals surface area contributed by atoms with Gasteiger partial charge in [-0.3, -0.25) is 0 Å². The Hall–Kier alpha value is -2.76. The van der Waals surface area contributed by atoms with Crippen molar-refractivity contribution in [2.24, 2.45) is 0 Å². The zero-order chi connectivity index (χ0) is 27.4. The van der Waals surface area contributed by atoms with Gasteiger partial charge in [-0.15, -0.1) is 0 Å². The number of piperidine rings is 1. The number of nitrogens with zero attached hydrogens (tertiary/aromatic N) is 3. The Morgan fingerprint density at radius 2 is 1.92 bits per heavy atom. The Labute approximate surface area is 228 Å². The lowest BCUT2D eigenvalue weighted by Crippen LogP contribution is -2.45. The fourth-order valence-corrected chi connectivity index (χ4v) is 5.10. The molecule has 11 heteroatoms. The predicted molar refractivity (Wildman–Crippen MR) is 147 cm³/mol. The van der Waals surface area contributed by atoms with Crippen LogP contribution in [-0.2, 0) is 9.47 Å². The summed E-state index contributed by atoms with van der Waals surface area (Å²) in [6.07, 6.45) is 0.732. The summed E-state index contributed by atoms with van der Waals surface area (Å²) in [6, 6.07) is 5.17. The number of halogens is 1. The largest absolute Gasteiger partial charge is 0.512 e. The molecular weight excluding hydrogens is 510 g/mol. The van der Waals surface area contributed by atoms with E-state index < -0.39 is 11.9 Å². The standard InChI is InChI=1S/C27H36ClN5O5/c1-16-24(23(17(2)29)18(3)34)31-25(21-13-20(5-6-22(21)28)36-15-19(35)14-30-4)32-26(16)33-9-7-27(8-10-33)37-11-12-38-27/h5-6,13,19,29-30,34-35H,7-12,14-15H2,1-4H3/b23-18+,29-17?/t19-/m1/s1. The molecule has 0 unspecified atom stereocenters. The Morgan fingerprint density at radius 1 is 1.24 bits per heavy atom. The zero-order valence-corrected chi connectivity index (χ0v) is 23.1. The van der Waals surface area contributed by atoms with Gasteiger partial charge in [-0.2, -0.15) is 0 Å². The van der Waals surface area contributed by atoms with Gasteiger partial charge >= 0.3 is 0 Å². The monoisotopic (exact) mass is 545 g/mol. The van der Waals surface area contributed by atoms with Crippen LogP contribution in [0, 0.1) is 12.3 Å². The lowest BCUT2D eigenvalue weighted by molar-refractivity contribution is -0.169. The molecular formula is C27H36ClN5O5. The third-order valence-corrected chi connectivity index (χ3v) is 7.12. The molecule has 4 rings (SSSR count). The first-order chi connectivity index (χ1) is 18.1. The summed E-state index contributed by atoms with van der Waals surface area (Å²) in [5.41, 5.74) is 2.31. The highest BCUT2D eigenvalue weighted by atomic mass is 35.5. The van der Waals surface area contributed by atoms with E-state index in [1.54, 1.807) is 39.1 Å². The second-order valence-corrected chi connectivity index (χ2v) is 10.1. The van der Waals surface area contributed by atoms with Gasteiger partial charge in [0.2, 0.25) is 0 Å². The van der Waals surface area contributed by atoms with Crippen molar-refractivity contribution >= 4 is 28.7 Å². The molecule has 1 aromatic heterocycles. The second kappa shape index (κ2) is 12.0. The third kappa shape index (κ3) is 6.10. The summed E-state index contributed by atoms with van der Waals surface area (Å²) in [4.78, 5) is 11.9. The van der Waals surface area contributed by atoms with Crippen molar-refractivity contribution in [2.75, 3.05) is 51.4 Å². The van der Waals surface area contributed by atoms with E-state index in [-0.39, 0.29) is 18.1 Å². The van der Waals surface area contributed by atoms with Crippen LogP contribution in [0.5, 0.6) is 5.75 Å². The summed E-state index contributed by atoms with van der Waals surface area (Å²) in [5, 5.41) is 32.2. The van der Waals surface area contributed by atoms with Crippen LogP contribution in [0.4, 0.5) is 5.82 Å². The predicted octanol–water partition coefficient (Wildman–Crippen LogP) is 3.74. The number of anilines is 1. The van der Waals surface area contributed by atoms with Gasteiger partial charge in [-0.05, 0) is 46.0 Å². The summed E-state index contributed by atoms with van der Waals surface area (Å²) >= 11 is 6.61. The van der Waals surface area contributed by atoms with E-state index in [9.17, 15) is 10.2 Å². The number of ether oxygens (including phenoxy) is 3. The SMILES string of the molecule is CNC[C@@H](O)COc1ccc(Cl)c(-c2nc(/C(C(C)=N)=C(\C)O)c(C)c(N3CCC4(CC3)OCCO4)n2)c1. The summed E-state index contributed by atoms with van der Waals surface area (Å²) < 4.78 is 17.6. The van der Waals surface area contributed by atoms with Crippen LogP contribution in [0.25, 0.3) is 17.0 Å². The van der Waals surface area contributed by atoms with Gasteiger partial charge in [0.05, 0.1) is 29.5 Å². The van der Waals surface area contributed by atoms with Gasteiger partial charge in [-0.1, -0.05) is 11.6 Å². The average Bonchev–Trinajstić information content (AvgIpc) is 3.33. The van der Waals surface area contributed by atoms with Crippen LogP contribution in [-0.4, -0.2) is 84.3 Å². The lowest BCUT2D eigenvalue weighted by atomic mass is 9.99. The number of aliphatic hydroxyl groups excluding tert-OH is 2. The maximum atomic E-state index is 10.5. The van der Waals surface area contributed by atoms with E-state index in [0.29, 0.717) is 84.9 Å². The Balaban J connectivity index is 1.76. The third-order valence-electron chi connectivity index (χ3n) is 6.79. The van der Waals surface area contributed by atoms with Crippen molar-refractivity contribution in [2.45, 2.75) is 45.5 Å². The lowest BCUT2D eigenvalue weighted by Gasteiger charge is -2.38. The first kappa shape index (κ1) is 28.3. The van der Waals surface area contributed by atoms with Crippen LogP contribution >= 0.6 is 11.6 Å². The van der Waals surface area contributed by atoms with Gasteiger partial charge in [0.25, 0.3) is 0 Å². The van der Waals surface area contributed by atoms with Crippen molar-refractivity contribution in [1.82, 2.24) is 15.3 Å². The molecule has 1 spiro atoms. The molecule has 0 radical (unpaired) electrons. The highest BCUT2D eigenvalue weighted by Crippen LogP contribution is 2.37. The van der Waals surface area contributed by atoms with Crippen LogP contribution in [0.15, 0.2) is 24.0 Å².